The summed E-state index contributed by atoms with van der Waals surface area (Å²) in [4.78, 5) is 0. The average Bonchev–Trinajstić information content (AvgIpc) is 2.87. The van der Waals surface area contributed by atoms with Crippen molar-refractivity contribution in [2.75, 3.05) is 25.4 Å². The largest absolute Gasteiger partial charge is 0.317 e. The summed E-state index contributed by atoms with van der Waals surface area (Å²) in [5.74, 6) is 1.12. The van der Waals surface area contributed by atoms with Gasteiger partial charge in [0.05, 0.1) is 5.75 Å². The zero-order chi connectivity index (χ0) is 14.0. The summed E-state index contributed by atoms with van der Waals surface area (Å²) in [5, 5.41) is 3.20. The first-order valence-corrected chi connectivity index (χ1v) is 9.47. The molecule has 0 aromatic rings. The van der Waals surface area contributed by atoms with Crippen molar-refractivity contribution in [2.45, 2.75) is 58.3 Å². The van der Waals surface area contributed by atoms with E-state index >= 15 is 0 Å². The van der Waals surface area contributed by atoms with Gasteiger partial charge in [0.15, 0.2) is 0 Å². The Balaban J connectivity index is 1.99. The van der Waals surface area contributed by atoms with Crippen LogP contribution in [0, 0.1) is 5.92 Å². The molecule has 0 radical (unpaired) electrons. The van der Waals surface area contributed by atoms with Crippen molar-refractivity contribution in [3.8, 4) is 0 Å². The summed E-state index contributed by atoms with van der Waals surface area (Å²) >= 11 is 0. The first kappa shape index (κ1) is 16.9. The SMILES string of the molecule is CCNCCCCS(=O)(=O)NCCCC1CCCC1. The summed E-state index contributed by atoms with van der Waals surface area (Å²) in [6, 6.07) is 0. The van der Waals surface area contributed by atoms with Gasteiger partial charge >= 0.3 is 0 Å². The molecular weight excluding hydrogens is 260 g/mol. The van der Waals surface area contributed by atoms with Crippen LogP contribution in [0.3, 0.4) is 0 Å². The Hall–Kier alpha value is -0.130. The van der Waals surface area contributed by atoms with Crippen LogP contribution in [0.15, 0.2) is 0 Å². The molecule has 4 nitrogen and oxygen atoms in total. The quantitative estimate of drug-likeness (QED) is 0.574. The fourth-order valence-corrected chi connectivity index (χ4v) is 3.89. The summed E-state index contributed by atoms with van der Waals surface area (Å²) < 4.78 is 26.2. The number of sulfonamides is 1. The molecule has 1 rings (SSSR count). The number of hydrogen-bond acceptors (Lipinski definition) is 3. The third-order valence-corrected chi connectivity index (χ3v) is 5.32. The Bertz CT molecular complexity index is 311. The molecule has 0 saturated heterocycles. The topological polar surface area (TPSA) is 58.2 Å². The van der Waals surface area contributed by atoms with Crippen LogP contribution < -0.4 is 10.0 Å². The molecule has 0 amide bonds. The van der Waals surface area contributed by atoms with E-state index in [1.807, 2.05) is 0 Å². The van der Waals surface area contributed by atoms with E-state index in [2.05, 4.69) is 17.0 Å². The maximum absolute atomic E-state index is 11.7. The van der Waals surface area contributed by atoms with Crippen molar-refractivity contribution >= 4 is 10.0 Å². The van der Waals surface area contributed by atoms with Crippen LogP contribution in [0.25, 0.3) is 0 Å². The van der Waals surface area contributed by atoms with Gasteiger partial charge in [0.1, 0.15) is 0 Å². The van der Waals surface area contributed by atoms with Crippen molar-refractivity contribution in [3.63, 3.8) is 0 Å². The van der Waals surface area contributed by atoms with Gasteiger partial charge in [-0.1, -0.05) is 32.6 Å². The third kappa shape index (κ3) is 8.60. The fourth-order valence-electron chi connectivity index (χ4n) is 2.71. The zero-order valence-corrected chi connectivity index (χ0v) is 13.1. The van der Waals surface area contributed by atoms with E-state index in [4.69, 9.17) is 0 Å². The van der Waals surface area contributed by atoms with E-state index in [9.17, 15) is 8.42 Å². The highest BCUT2D eigenvalue weighted by molar-refractivity contribution is 7.89. The van der Waals surface area contributed by atoms with Gasteiger partial charge in [0.2, 0.25) is 10.0 Å². The van der Waals surface area contributed by atoms with E-state index in [1.54, 1.807) is 0 Å². The van der Waals surface area contributed by atoms with Crippen LogP contribution in [0.2, 0.25) is 0 Å². The highest BCUT2D eigenvalue weighted by atomic mass is 32.2. The molecule has 1 aliphatic rings. The molecule has 0 heterocycles. The third-order valence-electron chi connectivity index (χ3n) is 3.85. The molecule has 0 aromatic heterocycles. The van der Waals surface area contributed by atoms with Crippen molar-refractivity contribution < 1.29 is 8.42 Å². The fraction of sp³-hybridized carbons (Fsp3) is 1.00. The average molecular weight is 290 g/mol. The minimum Gasteiger partial charge on any atom is -0.317 e. The van der Waals surface area contributed by atoms with Crippen LogP contribution >= 0.6 is 0 Å². The molecule has 0 aromatic carbocycles. The predicted molar refractivity (Wildman–Crippen MR) is 80.8 cm³/mol. The molecule has 1 saturated carbocycles. The van der Waals surface area contributed by atoms with Crippen LogP contribution in [0.1, 0.15) is 58.3 Å². The lowest BCUT2D eigenvalue weighted by atomic mass is 10.0. The Kier molecular flexibility index (Phi) is 8.66. The van der Waals surface area contributed by atoms with Gasteiger partial charge < -0.3 is 5.32 Å². The second-order valence-corrected chi connectivity index (χ2v) is 7.49. The predicted octanol–water partition coefficient (Wildman–Crippen LogP) is 2.27. The van der Waals surface area contributed by atoms with Gasteiger partial charge in [-0.15, -0.1) is 0 Å². The van der Waals surface area contributed by atoms with Crippen LogP contribution in [0.5, 0.6) is 0 Å². The highest BCUT2D eigenvalue weighted by Crippen LogP contribution is 2.28. The molecule has 2 N–H and O–H groups in total. The van der Waals surface area contributed by atoms with Gasteiger partial charge in [-0.3, -0.25) is 0 Å². The molecule has 19 heavy (non-hydrogen) atoms. The van der Waals surface area contributed by atoms with Crippen molar-refractivity contribution in [3.05, 3.63) is 0 Å². The maximum Gasteiger partial charge on any atom is 0.211 e. The van der Waals surface area contributed by atoms with Crippen molar-refractivity contribution in [1.82, 2.24) is 10.0 Å². The minimum atomic E-state index is -3.04. The number of nitrogens with one attached hydrogen (secondary N) is 2. The smallest absolute Gasteiger partial charge is 0.211 e. The molecule has 5 heteroatoms. The minimum absolute atomic E-state index is 0.266. The van der Waals surface area contributed by atoms with E-state index in [0.29, 0.717) is 6.54 Å². The zero-order valence-electron chi connectivity index (χ0n) is 12.3. The highest BCUT2D eigenvalue weighted by Gasteiger charge is 2.15. The Morgan fingerprint density at radius 3 is 2.47 bits per heavy atom. The Labute approximate surface area is 118 Å². The van der Waals surface area contributed by atoms with Crippen molar-refractivity contribution in [1.29, 1.82) is 0 Å². The lowest BCUT2D eigenvalue weighted by molar-refractivity contribution is 0.480. The number of unbranched alkanes of at least 4 members (excludes halogenated alkanes) is 1. The molecule has 0 aliphatic heterocycles. The molecular formula is C14H30N2O2S. The Morgan fingerprint density at radius 2 is 1.79 bits per heavy atom. The lowest BCUT2D eigenvalue weighted by Gasteiger charge is -2.10. The van der Waals surface area contributed by atoms with E-state index in [1.165, 1.54) is 32.1 Å². The van der Waals surface area contributed by atoms with E-state index < -0.39 is 10.0 Å². The molecule has 0 bridgehead atoms. The summed E-state index contributed by atoms with van der Waals surface area (Å²) in [6.45, 7) is 4.54. The van der Waals surface area contributed by atoms with Crippen LogP contribution in [-0.4, -0.2) is 33.8 Å². The summed E-state index contributed by atoms with van der Waals surface area (Å²) in [5.41, 5.74) is 0. The summed E-state index contributed by atoms with van der Waals surface area (Å²) in [6.07, 6.45) is 9.25. The van der Waals surface area contributed by atoms with Gasteiger partial charge in [-0.05, 0) is 44.7 Å². The Morgan fingerprint density at radius 1 is 1.05 bits per heavy atom. The molecule has 0 atom stereocenters. The monoisotopic (exact) mass is 290 g/mol. The summed E-state index contributed by atoms with van der Waals surface area (Å²) in [7, 11) is -3.04. The normalized spacial score (nSPS) is 17.1. The van der Waals surface area contributed by atoms with Crippen LogP contribution in [0.4, 0.5) is 0 Å². The molecule has 0 unspecified atom stereocenters. The van der Waals surface area contributed by atoms with Gasteiger partial charge in [-0.25, -0.2) is 13.1 Å². The van der Waals surface area contributed by atoms with E-state index in [0.717, 1.165) is 38.3 Å². The number of hydrogen-bond donors (Lipinski definition) is 2. The molecule has 1 fully saturated rings. The first-order valence-electron chi connectivity index (χ1n) is 7.82. The second kappa shape index (κ2) is 9.72. The first-order chi connectivity index (χ1) is 9.14. The lowest BCUT2D eigenvalue weighted by Crippen LogP contribution is -2.28. The van der Waals surface area contributed by atoms with E-state index in [-0.39, 0.29) is 5.75 Å². The second-order valence-electron chi connectivity index (χ2n) is 5.57. The molecule has 114 valence electrons. The van der Waals surface area contributed by atoms with Gasteiger partial charge in [0.25, 0.3) is 0 Å². The van der Waals surface area contributed by atoms with Gasteiger partial charge in [0, 0.05) is 6.54 Å². The van der Waals surface area contributed by atoms with Crippen molar-refractivity contribution in [2.24, 2.45) is 5.92 Å². The van der Waals surface area contributed by atoms with Crippen LogP contribution in [-0.2, 0) is 10.0 Å². The standard InChI is InChI=1S/C14H30N2O2S/c1-2-15-11-5-6-13-19(17,18)16-12-7-10-14-8-3-4-9-14/h14-16H,2-13H2,1H3. The van der Waals surface area contributed by atoms with Gasteiger partial charge in [-0.2, -0.15) is 0 Å². The molecule has 0 spiro atoms. The number of rotatable bonds is 11. The maximum atomic E-state index is 11.7. The molecule has 1 aliphatic carbocycles.